The van der Waals surface area contributed by atoms with E-state index in [1.807, 2.05) is 0 Å². The third kappa shape index (κ3) is 3.86. The summed E-state index contributed by atoms with van der Waals surface area (Å²) in [4.78, 5) is 2.42. The molecule has 3 rings (SSSR count). The van der Waals surface area contributed by atoms with E-state index in [1.165, 1.54) is 23.2 Å². The largest absolute Gasteiger partial charge is 0.384 e. The maximum Gasteiger partial charge on any atom is 0.0372 e. The van der Waals surface area contributed by atoms with E-state index in [2.05, 4.69) is 81.7 Å². The molecule has 1 unspecified atom stereocenters. The average Bonchev–Trinajstić information content (AvgIpc) is 2.49. The summed E-state index contributed by atoms with van der Waals surface area (Å²) in [6.07, 6.45) is 1.17. The Bertz CT molecular complexity index is 594. The average molecular weight is 345 g/mol. The van der Waals surface area contributed by atoms with Gasteiger partial charge in [-0.05, 0) is 48.7 Å². The molecule has 0 saturated carbocycles. The van der Waals surface area contributed by atoms with Crippen LogP contribution in [0.5, 0.6) is 0 Å². The molecule has 0 aromatic heterocycles. The number of para-hydroxylation sites is 1. The van der Waals surface area contributed by atoms with Gasteiger partial charge in [-0.15, -0.1) is 0 Å². The van der Waals surface area contributed by atoms with Gasteiger partial charge in [-0.2, -0.15) is 0 Å². The van der Waals surface area contributed by atoms with Crippen LogP contribution in [0.3, 0.4) is 0 Å². The number of anilines is 1. The normalized spacial score (nSPS) is 17.4. The molecule has 0 spiro atoms. The number of rotatable bonds is 4. The number of hydrogen-bond donors (Lipinski definition) is 1. The van der Waals surface area contributed by atoms with Gasteiger partial charge in [0.15, 0.2) is 0 Å². The van der Waals surface area contributed by atoms with Gasteiger partial charge in [0.1, 0.15) is 0 Å². The summed E-state index contributed by atoms with van der Waals surface area (Å²) in [6, 6.07) is 17.3. The first-order valence-corrected chi connectivity index (χ1v) is 8.25. The Kier molecular flexibility index (Phi) is 4.61. The molecule has 0 fully saturated rings. The molecule has 1 aliphatic heterocycles. The summed E-state index contributed by atoms with van der Waals surface area (Å²) in [6.45, 7) is 3.20. The summed E-state index contributed by atoms with van der Waals surface area (Å²) >= 11 is 3.48. The first-order valence-electron chi connectivity index (χ1n) is 7.45. The van der Waals surface area contributed by atoms with Crippen LogP contribution in [0.1, 0.15) is 11.1 Å². The Morgan fingerprint density at radius 3 is 2.71 bits per heavy atom. The van der Waals surface area contributed by atoms with E-state index in [0.29, 0.717) is 5.92 Å². The summed E-state index contributed by atoms with van der Waals surface area (Å²) < 4.78 is 1.14. The van der Waals surface area contributed by atoms with Crippen LogP contribution < -0.4 is 5.32 Å². The minimum atomic E-state index is 0.681. The van der Waals surface area contributed by atoms with Gasteiger partial charge >= 0.3 is 0 Å². The Balaban J connectivity index is 1.56. The van der Waals surface area contributed by atoms with E-state index in [1.54, 1.807) is 0 Å². The van der Waals surface area contributed by atoms with Crippen LogP contribution in [0.4, 0.5) is 5.69 Å². The van der Waals surface area contributed by atoms with Crippen molar-refractivity contribution in [1.82, 2.24) is 4.90 Å². The highest BCUT2D eigenvalue weighted by atomic mass is 79.9. The minimum Gasteiger partial charge on any atom is -0.384 e. The van der Waals surface area contributed by atoms with Crippen LogP contribution in [-0.4, -0.2) is 25.0 Å². The zero-order valence-corrected chi connectivity index (χ0v) is 13.9. The molecule has 2 nitrogen and oxygen atoms in total. The van der Waals surface area contributed by atoms with Crippen molar-refractivity contribution in [2.24, 2.45) is 5.92 Å². The Morgan fingerprint density at radius 1 is 1.14 bits per heavy atom. The van der Waals surface area contributed by atoms with Gasteiger partial charge in [0.25, 0.3) is 0 Å². The van der Waals surface area contributed by atoms with Crippen LogP contribution in [0.15, 0.2) is 53.0 Å². The van der Waals surface area contributed by atoms with Crippen LogP contribution in [0.2, 0.25) is 0 Å². The van der Waals surface area contributed by atoms with E-state index in [0.717, 1.165) is 24.1 Å². The van der Waals surface area contributed by atoms with Crippen LogP contribution in [0.25, 0.3) is 0 Å². The molecule has 0 aliphatic carbocycles. The Morgan fingerprint density at radius 2 is 1.90 bits per heavy atom. The molecule has 1 atom stereocenters. The molecule has 0 amide bonds. The fourth-order valence-electron chi connectivity index (χ4n) is 3.04. The summed E-state index contributed by atoms with van der Waals surface area (Å²) in [5.74, 6) is 0.681. The van der Waals surface area contributed by atoms with Gasteiger partial charge in [0.05, 0.1) is 0 Å². The molecular formula is C18H21BrN2. The lowest BCUT2D eigenvalue weighted by Gasteiger charge is -2.29. The quantitative estimate of drug-likeness (QED) is 0.895. The van der Waals surface area contributed by atoms with Gasteiger partial charge in [-0.1, -0.05) is 46.3 Å². The van der Waals surface area contributed by atoms with Crippen LogP contribution in [-0.2, 0) is 13.0 Å². The second kappa shape index (κ2) is 6.63. The van der Waals surface area contributed by atoms with Crippen molar-refractivity contribution < 1.29 is 0 Å². The Hall–Kier alpha value is -1.32. The first-order chi connectivity index (χ1) is 10.2. The van der Waals surface area contributed by atoms with Crippen LogP contribution >= 0.6 is 15.9 Å². The third-order valence-corrected chi connectivity index (χ3v) is 4.57. The first kappa shape index (κ1) is 14.6. The predicted octanol–water partition coefficient (Wildman–Crippen LogP) is 4.17. The number of fused-ring (bicyclic) bond motifs is 1. The molecular weight excluding hydrogens is 324 g/mol. The van der Waals surface area contributed by atoms with Gasteiger partial charge in [-0.25, -0.2) is 0 Å². The molecule has 0 bridgehead atoms. The molecule has 2 aromatic carbocycles. The zero-order chi connectivity index (χ0) is 14.7. The topological polar surface area (TPSA) is 15.3 Å². The second-order valence-electron chi connectivity index (χ2n) is 5.93. The van der Waals surface area contributed by atoms with Crippen molar-refractivity contribution in [3.63, 3.8) is 0 Å². The molecule has 21 heavy (non-hydrogen) atoms. The highest BCUT2D eigenvalue weighted by Crippen LogP contribution is 2.24. The minimum absolute atomic E-state index is 0.681. The number of nitrogens with one attached hydrogen (secondary N) is 1. The van der Waals surface area contributed by atoms with Gasteiger partial charge in [-0.3, -0.25) is 0 Å². The van der Waals surface area contributed by atoms with E-state index < -0.39 is 0 Å². The molecule has 2 aromatic rings. The van der Waals surface area contributed by atoms with E-state index in [9.17, 15) is 0 Å². The molecule has 1 N–H and O–H groups in total. The van der Waals surface area contributed by atoms with Crippen molar-refractivity contribution in [3.05, 3.63) is 64.1 Å². The lowest BCUT2D eigenvalue weighted by atomic mass is 9.93. The van der Waals surface area contributed by atoms with Gasteiger partial charge in [0.2, 0.25) is 0 Å². The smallest absolute Gasteiger partial charge is 0.0372 e. The highest BCUT2D eigenvalue weighted by molar-refractivity contribution is 9.10. The molecule has 110 valence electrons. The van der Waals surface area contributed by atoms with Crippen molar-refractivity contribution >= 4 is 21.6 Å². The SMILES string of the molecule is CN(Cc1ccc(Br)cc1)CC1CNc2ccccc2C1. The van der Waals surface area contributed by atoms with E-state index in [-0.39, 0.29) is 0 Å². The zero-order valence-electron chi connectivity index (χ0n) is 12.3. The molecule has 3 heteroatoms. The highest BCUT2D eigenvalue weighted by Gasteiger charge is 2.19. The van der Waals surface area contributed by atoms with Crippen LogP contribution in [0, 0.1) is 5.92 Å². The fourth-order valence-corrected chi connectivity index (χ4v) is 3.31. The van der Waals surface area contributed by atoms with Crippen molar-refractivity contribution in [3.8, 4) is 0 Å². The van der Waals surface area contributed by atoms with Gasteiger partial charge < -0.3 is 10.2 Å². The number of benzene rings is 2. The summed E-state index contributed by atoms with van der Waals surface area (Å²) in [7, 11) is 2.21. The maximum absolute atomic E-state index is 3.56. The monoisotopic (exact) mass is 344 g/mol. The fraction of sp³-hybridized carbons (Fsp3) is 0.333. The van der Waals surface area contributed by atoms with Crippen molar-refractivity contribution in [2.45, 2.75) is 13.0 Å². The van der Waals surface area contributed by atoms with Crippen molar-refractivity contribution in [2.75, 3.05) is 25.5 Å². The van der Waals surface area contributed by atoms with E-state index >= 15 is 0 Å². The summed E-state index contributed by atoms with van der Waals surface area (Å²) in [5, 5.41) is 3.56. The lowest BCUT2D eigenvalue weighted by molar-refractivity contribution is 0.271. The predicted molar refractivity (Wildman–Crippen MR) is 92.6 cm³/mol. The number of hydrogen-bond acceptors (Lipinski definition) is 2. The standard InChI is InChI=1S/C18H21BrN2/c1-21(12-14-6-8-17(19)9-7-14)13-15-10-16-4-2-3-5-18(16)20-11-15/h2-9,15,20H,10-13H2,1H3. The van der Waals surface area contributed by atoms with Crippen molar-refractivity contribution in [1.29, 1.82) is 0 Å². The maximum atomic E-state index is 3.56. The number of nitrogens with zero attached hydrogens (tertiary/aromatic N) is 1. The summed E-state index contributed by atoms with van der Waals surface area (Å²) in [5.41, 5.74) is 4.12. The Labute approximate surface area is 135 Å². The molecule has 1 heterocycles. The number of halogens is 1. The lowest BCUT2D eigenvalue weighted by Crippen LogP contribution is -2.33. The third-order valence-electron chi connectivity index (χ3n) is 4.04. The molecule has 0 saturated heterocycles. The second-order valence-corrected chi connectivity index (χ2v) is 6.85. The van der Waals surface area contributed by atoms with Gasteiger partial charge in [0, 0.05) is 29.8 Å². The molecule has 0 radical (unpaired) electrons. The van der Waals surface area contributed by atoms with E-state index in [4.69, 9.17) is 0 Å². The molecule has 1 aliphatic rings.